The second-order valence-electron chi connectivity index (χ2n) is 4.90. The first-order valence-corrected chi connectivity index (χ1v) is 4.93. The summed E-state index contributed by atoms with van der Waals surface area (Å²) in [5.74, 6) is 0. The lowest BCUT2D eigenvalue weighted by Gasteiger charge is -2.30. The number of aliphatic hydroxyl groups is 1. The van der Waals surface area contributed by atoms with Gasteiger partial charge >= 0.3 is 6.03 Å². The normalized spacial score (nSPS) is 15.9. The Hall–Kier alpha value is -0.770. The molecule has 3 N–H and O–H groups in total. The topological polar surface area (TPSA) is 61.4 Å². The number of hydrogen-bond donors (Lipinski definition) is 3. The van der Waals surface area contributed by atoms with Crippen molar-refractivity contribution in [3.8, 4) is 0 Å². The van der Waals surface area contributed by atoms with E-state index in [0.717, 1.165) is 0 Å². The molecule has 0 aliphatic rings. The summed E-state index contributed by atoms with van der Waals surface area (Å²) in [6.45, 7) is 9.42. The van der Waals surface area contributed by atoms with Crippen LogP contribution in [-0.2, 0) is 0 Å². The Bertz CT molecular complexity index is 193. The zero-order valence-corrected chi connectivity index (χ0v) is 9.77. The van der Waals surface area contributed by atoms with Crippen molar-refractivity contribution in [1.82, 2.24) is 10.6 Å². The van der Waals surface area contributed by atoms with Crippen LogP contribution in [0.3, 0.4) is 0 Å². The number of aliphatic hydroxyl groups excluding tert-OH is 1. The molecule has 0 saturated heterocycles. The van der Waals surface area contributed by atoms with E-state index in [0.29, 0.717) is 6.42 Å². The molecule has 0 saturated carbocycles. The maximum atomic E-state index is 11.5. The fourth-order valence-corrected chi connectivity index (χ4v) is 0.886. The number of nitrogens with one attached hydrogen (secondary N) is 2. The molecule has 14 heavy (non-hydrogen) atoms. The molecule has 1 atom stereocenters. The second-order valence-corrected chi connectivity index (χ2v) is 4.90. The van der Waals surface area contributed by atoms with E-state index >= 15 is 0 Å². The van der Waals surface area contributed by atoms with E-state index in [-0.39, 0.29) is 18.2 Å². The number of urea groups is 1. The molecule has 2 amide bonds. The van der Waals surface area contributed by atoms with E-state index in [4.69, 9.17) is 5.11 Å². The number of carbonyl (C=O) groups excluding carboxylic acids is 1. The zero-order valence-electron chi connectivity index (χ0n) is 9.77. The first-order valence-electron chi connectivity index (χ1n) is 4.93. The molecule has 0 radical (unpaired) electrons. The van der Waals surface area contributed by atoms with Crippen molar-refractivity contribution < 1.29 is 9.90 Å². The molecule has 0 aliphatic heterocycles. The van der Waals surface area contributed by atoms with Crippen molar-refractivity contribution >= 4 is 6.03 Å². The highest BCUT2D eigenvalue weighted by Gasteiger charge is 2.24. The summed E-state index contributed by atoms with van der Waals surface area (Å²) in [6.07, 6.45) is 0.695. The SMILES string of the molecule is CCC(C)(CO)NC(=O)NC(C)(C)C. The van der Waals surface area contributed by atoms with Gasteiger partial charge in [-0.3, -0.25) is 0 Å². The largest absolute Gasteiger partial charge is 0.394 e. The van der Waals surface area contributed by atoms with E-state index in [1.54, 1.807) is 0 Å². The molecule has 0 aliphatic carbocycles. The molecule has 0 aromatic heterocycles. The Balaban J connectivity index is 4.18. The van der Waals surface area contributed by atoms with Gasteiger partial charge < -0.3 is 15.7 Å². The maximum absolute atomic E-state index is 11.5. The molecule has 0 fully saturated rings. The summed E-state index contributed by atoms with van der Waals surface area (Å²) in [7, 11) is 0. The smallest absolute Gasteiger partial charge is 0.315 e. The van der Waals surface area contributed by atoms with Gasteiger partial charge in [0, 0.05) is 5.54 Å². The summed E-state index contributed by atoms with van der Waals surface area (Å²) in [6, 6.07) is -0.240. The van der Waals surface area contributed by atoms with Crippen LogP contribution in [0.5, 0.6) is 0 Å². The van der Waals surface area contributed by atoms with Gasteiger partial charge in [-0.15, -0.1) is 0 Å². The van der Waals surface area contributed by atoms with Crippen LogP contribution in [0.25, 0.3) is 0 Å². The van der Waals surface area contributed by atoms with E-state index < -0.39 is 5.54 Å². The van der Waals surface area contributed by atoms with Crippen LogP contribution in [0.15, 0.2) is 0 Å². The van der Waals surface area contributed by atoms with Gasteiger partial charge in [0.1, 0.15) is 0 Å². The summed E-state index contributed by atoms with van der Waals surface area (Å²) in [4.78, 5) is 11.5. The van der Waals surface area contributed by atoms with Gasteiger partial charge in [-0.1, -0.05) is 6.92 Å². The standard InChI is InChI=1S/C10H22N2O2/c1-6-10(5,7-13)12-8(14)11-9(2,3)4/h13H,6-7H2,1-5H3,(H2,11,12,14). The minimum atomic E-state index is -0.532. The van der Waals surface area contributed by atoms with Crippen molar-refractivity contribution in [2.75, 3.05) is 6.61 Å². The third kappa shape index (κ3) is 5.07. The summed E-state index contributed by atoms with van der Waals surface area (Å²) >= 11 is 0. The van der Waals surface area contributed by atoms with E-state index in [1.165, 1.54) is 0 Å². The Morgan fingerprint density at radius 1 is 1.21 bits per heavy atom. The number of hydrogen-bond acceptors (Lipinski definition) is 2. The van der Waals surface area contributed by atoms with Gasteiger partial charge in [0.2, 0.25) is 0 Å². The zero-order chi connectivity index (χ0) is 11.4. The molecule has 0 heterocycles. The number of carbonyl (C=O) groups is 1. The molecule has 0 aromatic rings. The fourth-order valence-electron chi connectivity index (χ4n) is 0.886. The van der Waals surface area contributed by atoms with Gasteiger partial charge in [0.15, 0.2) is 0 Å². The lowest BCUT2D eigenvalue weighted by atomic mass is 10.0. The summed E-state index contributed by atoms with van der Waals surface area (Å²) in [5, 5.41) is 14.6. The van der Waals surface area contributed by atoms with E-state index in [1.807, 2.05) is 34.6 Å². The van der Waals surface area contributed by atoms with Gasteiger partial charge in [0.25, 0.3) is 0 Å². The predicted octanol–water partition coefficient (Wildman–Crippen LogP) is 1.25. The minimum absolute atomic E-state index is 0.0545. The predicted molar refractivity (Wildman–Crippen MR) is 57.2 cm³/mol. The third-order valence-corrected chi connectivity index (χ3v) is 2.03. The van der Waals surface area contributed by atoms with Gasteiger partial charge in [-0.25, -0.2) is 4.79 Å². The monoisotopic (exact) mass is 202 g/mol. The highest BCUT2D eigenvalue weighted by atomic mass is 16.3. The summed E-state index contributed by atoms with van der Waals surface area (Å²) in [5.41, 5.74) is -0.788. The van der Waals surface area contributed by atoms with Crippen molar-refractivity contribution in [1.29, 1.82) is 0 Å². The van der Waals surface area contributed by atoms with Crippen LogP contribution in [0.2, 0.25) is 0 Å². The Labute approximate surface area is 86.1 Å². The number of rotatable bonds is 3. The molecule has 1 unspecified atom stereocenters. The molecule has 0 rings (SSSR count). The molecule has 84 valence electrons. The van der Waals surface area contributed by atoms with Crippen LogP contribution in [0.4, 0.5) is 4.79 Å². The van der Waals surface area contributed by atoms with Crippen LogP contribution in [0, 0.1) is 0 Å². The highest BCUT2D eigenvalue weighted by molar-refractivity contribution is 5.75. The van der Waals surface area contributed by atoms with Crippen LogP contribution < -0.4 is 10.6 Å². The maximum Gasteiger partial charge on any atom is 0.315 e. The quantitative estimate of drug-likeness (QED) is 0.645. The Kier molecular flexibility index (Phi) is 4.39. The van der Waals surface area contributed by atoms with Crippen molar-refractivity contribution in [3.05, 3.63) is 0 Å². The highest BCUT2D eigenvalue weighted by Crippen LogP contribution is 2.07. The molecule has 0 aromatic carbocycles. The van der Waals surface area contributed by atoms with Crippen LogP contribution in [0.1, 0.15) is 41.0 Å². The minimum Gasteiger partial charge on any atom is -0.394 e. The molecule has 0 spiro atoms. The van der Waals surface area contributed by atoms with Crippen LogP contribution in [-0.4, -0.2) is 28.8 Å². The lowest BCUT2D eigenvalue weighted by Crippen LogP contribution is -2.55. The molecule has 4 heteroatoms. The fraction of sp³-hybridized carbons (Fsp3) is 0.900. The third-order valence-electron chi connectivity index (χ3n) is 2.03. The van der Waals surface area contributed by atoms with Gasteiger partial charge in [-0.05, 0) is 34.1 Å². The van der Waals surface area contributed by atoms with Crippen molar-refractivity contribution in [2.24, 2.45) is 0 Å². The first-order chi connectivity index (χ1) is 6.22. The lowest BCUT2D eigenvalue weighted by molar-refractivity contribution is 0.164. The average molecular weight is 202 g/mol. The Morgan fingerprint density at radius 3 is 2.00 bits per heavy atom. The Morgan fingerprint density at radius 2 is 1.71 bits per heavy atom. The molecule has 4 nitrogen and oxygen atoms in total. The van der Waals surface area contributed by atoms with Crippen molar-refractivity contribution in [3.63, 3.8) is 0 Å². The second kappa shape index (κ2) is 4.64. The molecular formula is C10H22N2O2. The average Bonchev–Trinajstić information content (AvgIpc) is 2.00. The van der Waals surface area contributed by atoms with E-state index in [2.05, 4.69) is 10.6 Å². The first kappa shape index (κ1) is 13.2. The van der Waals surface area contributed by atoms with Gasteiger partial charge in [-0.2, -0.15) is 0 Å². The van der Waals surface area contributed by atoms with Crippen LogP contribution >= 0.6 is 0 Å². The molecule has 0 bridgehead atoms. The summed E-state index contributed by atoms with van der Waals surface area (Å²) < 4.78 is 0. The molecular weight excluding hydrogens is 180 g/mol. The van der Waals surface area contributed by atoms with Gasteiger partial charge in [0.05, 0.1) is 12.1 Å². The van der Waals surface area contributed by atoms with Crippen molar-refractivity contribution in [2.45, 2.75) is 52.1 Å². The van der Waals surface area contributed by atoms with E-state index in [9.17, 15) is 4.79 Å². The number of amides is 2.